The Hall–Kier alpha value is -0.830. The van der Waals surface area contributed by atoms with Gasteiger partial charge >= 0.3 is 0 Å². The molecule has 1 unspecified atom stereocenters. The van der Waals surface area contributed by atoms with E-state index in [0.717, 1.165) is 13.0 Å². The van der Waals surface area contributed by atoms with Crippen LogP contribution >= 0.6 is 0 Å². The van der Waals surface area contributed by atoms with Crippen LogP contribution in [0.2, 0.25) is 0 Å². The maximum absolute atomic E-state index is 5.60. The molecular weight excluding hydrogens is 162 g/mol. The Kier molecular flexibility index (Phi) is 2.12. The number of rotatable bonds is 2. The van der Waals surface area contributed by atoms with Gasteiger partial charge in [-0.2, -0.15) is 5.10 Å². The standard InChI is InChI=1S/C10H17N3/c1-7-10-8(5-6-11)3-4-9(10)13(2)12-7/h8H,3-6,11H2,1-2H3. The third kappa shape index (κ3) is 1.27. The van der Waals surface area contributed by atoms with E-state index in [0.29, 0.717) is 5.92 Å². The third-order valence-electron chi connectivity index (χ3n) is 3.04. The molecule has 2 rings (SSSR count). The molecule has 0 fully saturated rings. The molecule has 0 aromatic carbocycles. The van der Waals surface area contributed by atoms with Crippen LogP contribution < -0.4 is 5.73 Å². The average molecular weight is 179 g/mol. The molecule has 72 valence electrons. The van der Waals surface area contributed by atoms with Gasteiger partial charge in [0.1, 0.15) is 0 Å². The second-order valence-electron chi connectivity index (χ2n) is 3.88. The summed E-state index contributed by atoms with van der Waals surface area (Å²) in [4.78, 5) is 0. The normalized spacial score (nSPS) is 20.7. The Bertz CT molecular complexity index is 314. The van der Waals surface area contributed by atoms with Crippen LogP contribution in [0, 0.1) is 6.92 Å². The Morgan fingerprint density at radius 2 is 2.38 bits per heavy atom. The van der Waals surface area contributed by atoms with Gasteiger partial charge < -0.3 is 5.73 Å². The largest absolute Gasteiger partial charge is 0.330 e. The molecule has 1 aliphatic carbocycles. The van der Waals surface area contributed by atoms with Crippen LogP contribution in [0.1, 0.15) is 35.7 Å². The van der Waals surface area contributed by atoms with Crippen molar-refractivity contribution in [2.24, 2.45) is 12.8 Å². The maximum atomic E-state index is 5.60. The molecule has 0 radical (unpaired) electrons. The number of nitrogens with zero attached hydrogens (tertiary/aromatic N) is 2. The van der Waals surface area contributed by atoms with Gasteiger partial charge in [-0.05, 0) is 44.2 Å². The van der Waals surface area contributed by atoms with E-state index in [1.54, 1.807) is 0 Å². The zero-order valence-electron chi connectivity index (χ0n) is 8.38. The maximum Gasteiger partial charge on any atom is 0.0631 e. The number of aryl methyl sites for hydroxylation is 2. The summed E-state index contributed by atoms with van der Waals surface area (Å²) in [5, 5.41) is 4.44. The van der Waals surface area contributed by atoms with Crippen molar-refractivity contribution in [3.63, 3.8) is 0 Å². The fourth-order valence-corrected chi connectivity index (χ4v) is 2.50. The van der Waals surface area contributed by atoms with Crippen LogP contribution in [0.4, 0.5) is 0 Å². The van der Waals surface area contributed by atoms with Crippen LogP contribution in [0.15, 0.2) is 0 Å². The van der Waals surface area contributed by atoms with Crippen molar-refractivity contribution in [2.45, 2.75) is 32.1 Å². The fraction of sp³-hybridized carbons (Fsp3) is 0.700. The van der Waals surface area contributed by atoms with E-state index in [9.17, 15) is 0 Å². The summed E-state index contributed by atoms with van der Waals surface area (Å²) in [6.07, 6.45) is 3.55. The molecule has 1 aromatic rings. The number of nitrogens with two attached hydrogens (primary N) is 1. The van der Waals surface area contributed by atoms with Crippen molar-refractivity contribution in [1.82, 2.24) is 9.78 Å². The lowest BCUT2D eigenvalue weighted by Crippen LogP contribution is -2.05. The molecule has 0 saturated heterocycles. The summed E-state index contributed by atoms with van der Waals surface area (Å²) in [7, 11) is 2.04. The second-order valence-corrected chi connectivity index (χ2v) is 3.88. The zero-order chi connectivity index (χ0) is 9.42. The Morgan fingerprint density at radius 3 is 3.08 bits per heavy atom. The smallest absolute Gasteiger partial charge is 0.0631 e. The van der Waals surface area contributed by atoms with E-state index >= 15 is 0 Å². The number of aromatic nitrogens is 2. The minimum absolute atomic E-state index is 0.675. The molecule has 1 atom stereocenters. The monoisotopic (exact) mass is 179 g/mol. The van der Waals surface area contributed by atoms with Crippen LogP contribution in [0.3, 0.4) is 0 Å². The van der Waals surface area contributed by atoms with Crippen molar-refractivity contribution in [1.29, 1.82) is 0 Å². The van der Waals surface area contributed by atoms with Crippen LogP contribution in [0.5, 0.6) is 0 Å². The molecule has 1 aliphatic rings. The highest BCUT2D eigenvalue weighted by atomic mass is 15.3. The van der Waals surface area contributed by atoms with Crippen molar-refractivity contribution in [3.05, 3.63) is 17.0 Å². The van der Waals surface area contributed by atoms with Gasteiger partial charge in [-0.15, -0.1) is 0 Å². The SMILES string of the molecule is Cc1nn(C)c2c1C(CCN)CC2. The minimum Gasteiger partial charge on any atom is -0.330 e. The van der Waals surface area contributed by atoms with E-state index in [-0.39, 0.29) is 0 Å². The zero-order valence-corrected chi connectivity index (χ0v) is 8.38. The molecule has 3 nitrogen and oxygen atoms in total. The molecule has 0 bridgehead atoms. The van der Waals surface area contributed by atoms with Crippen LogP contribution in [0.25, 0.3) is 0 Å². The summed E-state index contributed by atoms with van der Waals surface area (Å²) in [5.41, 5.74) is 9.70. The van der Waals surface area contributed by atoms with Crippen molar-refractivity contribution < 1.29 is 0 Å². The van der Waals surface area contributed by atoms with Gasteiger partial charge in [0.15, 0.2) is 0 Å². The second kappa shape index (κ2) is 3.14. The lowest BCUT2D eigenvalue weighted by Gasteiger charge is -2.07. The summed E-state index contributed by atoms with van der Waals surface area (Å²) in [5.74, 6) is 0.675. The summed E-state index contributed by atoms with van der Waals surface area (Å²) >= 11 is 0. The van der Waals surface area contributed by atoms with E-state index in [1.165, 1.54) is 29.8 Å². The third-order valence-corrected chi connectivity index (χ3v) is 3.04. The van der Waals surface area contributed by atoms with Crippen molar-refractivity contribution in [2.75, 3.05) is 6.54 Å². The minimum atomic E-state index is 0.675. The van der Waals surface area contributed by atoms with Crippen LogP contribution in [-0.4, -0.2) is 16.3 Å². The first-order valence-electron chi connectivity index (χ1n) is 4.96. The van der Waals surface area contributed by atoms with Gasteiger partial charge in [-0.3, -0.25) is 4.68 Å². The topological polar surface area (TPSA) is 43.8 Å². The first-order chi connectivity index (χ1) is 6.24. The summed E-state index contributed by atoms with van der Waals surface area (Å²) in [6.45, 7) is 2.89. The van der Waals surface area contributed by atoms with E-state index < -0.39 is 0 Å². The molecule has 0 amide bonds. The molecule has 13 heavy (non-hydrogen) atoms. The van der Waals surface area contributed by atoms with E-state index in [1.807, 2.05) is 11.7 Å². The summed E-state index contributed by atoms with van der Waals surface area (Å²) < 4.78 is 2.03. The molecule has 0 saturated carbocycles. The Balaban J connectivity index is 2.35. The first-order valence-corrected chi connectivity index (χ1v) is 4.96. The van der Waals surface area contributed by atoms with E-state index in [2.05, 4.69) is 12.0 Å². The average Bonchev–Trinajstić information content (AvgIpc) is 2.58. The van der Waals surface area contributed by atoms with E-state index in [4.69, 9.17) is 5.73 Å². The molecule has 3 heteroatoms. The lowest BCUT2D eigenvalue weighted by atomic mass is 9.98. The van der Waals surface area contributed by atoms with Crippen molar-refractivity contribution in [3.8, 4) is 0 Å². The van der Waals surface area contributed by atoms with Gasteiger partial charge in [0.2, 0.25) is 0 Å². The predicted octanol–water partition coefficient (Wildman–Crippen LogP) is 1.11. The number of fused-ring (bicyclic) bond motifs is 1. The van der Waals surface area contributed by atoms with Gasteiger partial charge in [0.25, 0.3) is 0 Å². The highest BCUT2D eigenvalue weighted by Gasteiger charge is 2.27. The Morgan fingerprint density at radius 1 is 1.62 bits per heavy atom. The molecular formula is C10H17N3. The van der Waals surface area contributed by atoms with Gasteiger partial charge in [-0.1, -0.05) is 0 Å². The number of hydrogen-bond donors (Lipinski definition) is 1. The fourth-order valence-electron chi connectivity index (χ4n) is 2.50. The van der Waals surface area contributed by atoms with Gasteiger partial charge in [0, 0.05) is 12.7 Å². The van der Waals surface area contributed by atoms with Crippen LogP contribution in [-0.2, 0) is 13.5 Å². The molecule has 0 spiro atoms. The molecule has 1 aromatic heterocycles. The van der Waals surface area contributed by atoms with Gasteiger partial charge in [0.05, 0.1) is 5.69 Å². The first kappa shape index (κ1) is 8.75. The highest BCUT2D eigenvalue weighted by Crippen LogP contribution is 2.36. The van der Waals surface area contributed by atoms with Crippen molar-refractivity contribution >= 4 is 0 Å². The Labute approximate surface area is 78.9 Å². The molecule has 2 N–H and O–H groups in total. The quantitative estimate of drug-likeness (QED) is 0.739. The van der Waals surface area contributed by atoms with Gasteiger partial charge in [-0.25, -0.2) is 0 Å². The summed E-state index contributed by atoms with van der Waals surface area (Å²) in [6, 6.07) is 0. The lowest BCUT2D eigenvalue weighted by molar-refractivity contribution is 0.609. The predicted molar refractivity (Wildman–Crippen MR) is 52.7 cm³/mol. The molecule has 1 heterocycles. The number of hydrogen-bond acceptors (Lipinski definition) is 2. The molecule has 0 aliphatic heterocycles. The highest BCUT2D eigenvalue weighted by molar-refractivity contribution is 5.33.